The number of hydrogen-bond acceptors (Lipinski definition) is 8. The van der Waals surface area contributed by atoms with E-state index in [2.05, 4.69) is 28.4 Å². The molecule has 2 aliphatic heterocycles. The average molecular weight is 785 g/mol. The molecule has 4 aliphatic rings. The fraction of sp³-hybridized carbons (Fsp3) is 0.333. The van der Waals surface area contributed by atoms with Gasteiger partial charge in [-0.2, -0.15) is 10.2 Å². The SMILES string of the molecule is CC(=O)N1N=C(c2ccc(F)cc2F)S[C@@]12c1ccccc1CC[C@H]2CCN.CC(=O)N1N=C(c2ccccc2F)S[C@@]12c1ccccc1CC[C@H]2CCN. The van der Waals surface area contributed by atoms with Gasteiger partial charge in [0.1, 0.15) is 37.3 Å². The van der Waals surface area contributed by atoms with Crippen LogP contribution in [0.15, 0.2) is 101 Å². The van der Waals surface area contributed by atoms with Crippen molar-refractivity contribution in [2.24, 2.45) is 33.5 Å². The van der Waals surface area contributed by atoms with Crippen LogP contribution in [0.4, 0.5) is 13.2 Å². The third kappa shape index (κ3) is 6.89. The van der Waals surface area contributed by atoms with Crippen molar-refractivity contribution < 1.29 is 22.8 Å². The van der Waals surface area contributed by atoms with E-state index in [0.717, 1.165) is 61.3 Å². The maximum absolute atomic E-state index is 14.5. The molecular formula is C42H43F3N6O2S2. The lowest BCUT2D eigenvalue weighted by molar-refractivity contribution is -0.135. The lowest BCUT2D eigenvalue weighted by atomic mass is 9.77. The van der Waals surface area contributed by atoms with Crippen LogP contribution in [-0.2, 0) is 32.2 Å². The number of thioether (sulfide) groups is 2. The van der Waals surface area contributed by atoms with Crippen LogP contribution in [0.5, 0.6) is 0 Å². The van der Waals surface area contributed by atoms with Gasteiger partial charge in [0.15, 0.2) is 0 Å². The number of aryl methyl sites for hydroxylation is 2. The number of amides is 2. The lowest BCUT2D eigenvalue weighted by Gasteiger charge is -2.45. The minimum atomic E-state index is -0.768. The summed E-state index contributed by atoms with van der Waals surface area (Å²) < 4.78 is 42.3. The quantitative estimate of drug-likeness (QED) is 0.206. The Hall–Kier alpha value is -4.43. The zero-order valence-corrected chi connectivity index (χ0v) is 32.3. The highest BCUT2D eigenvalue weighted by atomic mass is 32.2. The van der Waals surface area contributed by atoms with Gasteiger partial charge < -0.3 is 11.5 Å². The highest BCUT2D eigenvalue weighted by Gasteiger charge is 2.56. The molecule has 286 valence electrons. The Morgan fingerprint density at radius 1 is 0.673 bits per heavy atom. The van der Waals surface area contributed by atoms with E-state index in [-0.39, 0.29) is 35.0 Å². The zero-order valence-electron chi connectivity index (χ0n) is 30.7. The smallest absolute Gasteiger partial charge is 0.241 e. The second-order valence-electron chi connectivity index (χ2n) is 14.1. The van der Waals surface area contributed by atoms with Gasteiger partial charge in [-0.25, -0.2) is 23.2 Å². The van der Waals surface area contributed by atoms with E-state index in [1.54, 1.807) is 23.2 Å². The molecule has 13 heteroatoms. The van der Waals surface area contributed by atoms with Crippen LogP contribution >= 0.6 is 23.5 Å². The third-order valence-electron chi connectivity index (χ3n) is 10.8. The molecule has 2 spiro atoms. The first kappa shape index (κ1) is 38.8. The lowest BCUT2D eigenvalue weighted by Crippen LogP contribution is -2.49. The molecule has 0 fully saturated rings. The van der Waals surface area contributed by atoms with Crippen LogP contribution < -0.4 is 11.5 Å². The van der Waals surface area contributed by atoms with Gasteiger partial charge in [-0.15, -0.1) is 0 Å². The normalized spacial score (nSPS) is 23.8. The topological polar surface area (TPSA) is 117 Å². The van der Waals surface area contributed by atoms with E-state index in [0.29, 0.717) is 28.7 Å². The summed E-state index contributed by atoms with van der Waals surface area (Å²) in [5.74, 6) is -1.80. The van der Waals surface area contributed by atoms with Gasteiger partial charge in [0.25, 0.3) is 0 Å². The Morgan fingerprint density at radius 2 is 1.13 bits per heavy atom. The fourth-order valence-electron chi connectivity index (χ4n) is 8.48. The molecule has 0 radical (unpaired) electrons. The molecule has 55 heavy (non-hydrogen) atoms. The Labute approximate surface area is 327 Å². The summed E-state index contributed by atoms with van der Waals surface area (Å²) in [7, 11) is 0. The predicted molar refractivity (Wildman–Crippen MR) is 213 cm³/mol. The van der Waals surface area contributed by atoms with Crippen LogP contribution in [0, 0.1) is 29.3 Å². The molecule has 0 unspecified atom stereocenters. The van der Waals surface area contributed by atoms with E-state index in [1.807, 2.05) is 30.3 Å². The molecule has 0 bridgehead atoms. The average Bonchev–Trinajstić information content (AvgIpc) is 3.76. The van der Waals surface area contributed by atoms with Gasteiger partial charge in [0, 0.05) is 31.0 Å². The Kier molecular flexibility index (Phi) is 11.3. The molecule has 8 rings (SSSR count). The molecule has 2 aliphatic carbocycles. The Morgan fingerprint density at radius 3 is 1.58 bits per heavy atom. The van der Waals surface area contributed by atoms with Crippen LogP contribution in [0.1, 0.15) is 72.9 Å². The highest BCUT2D eigenvalue weighted by molar-refractivity contribution is 8.15. The standard InChI is InChI=1S/C21H21F2N3OS.C21H22FN3OS/c1-13(27)26-21(28-20(25-26)17-9-8-16(22)12-19(17)23)15(10-11-24)7-6-14-4-2-3-5-18(14)21;1-14(26)25-21(27-20(24-25)17-7-3-5-9-19(17)22)16(12-13-23)11-10-15-6-2-4-8-18(15)21/h2-5,8-9,12,15H,6-7,10-11,24H2,1H3;2-9,16H,10-13,23H2,1H3/t15-,21-;16-,21-/m00/s1. The summed E-state index contributed by atoms with van der Waals surface area (Å²) in [6, 6.07) is 26.2. The molecule has 2 heterocycles. The monoisotopic (exact) mass is 784 g/mol. The summed E-state index contributed by atoms with van der Waals surface area (Å²) in [6.45, 7) is 4.01. The van der Waals surface area contributed by atoms with E-state index in [9.17, 15) is 22.8 Å². The van der Waals surface area contributed by atoms with Gasteiger partial charge >= 0.3 is 0 Å². The van der Waals surface area contributed by atoms with E-state index < -0.39 is 21.4 Å². The van der Waals surface area contributed by atoms with Crippen molar-refractivity contribution in [1.29, 1.82) is 0 Å². The van der Waals surface area contributed by atoms with Crippen molar-refractivity contribution in [1.82, 2.24) is 10.0 Å². The number of hydrogen-bond donors (Lipinski definition) is 2. The number of nitrogens with two attached hydrogens (primary N) is 2. The molecule has 0 aromatic heterocycles. The Bertz CT molecular complexity index is 2180. The number of hydrazone groups is 2. The van der Waals surface area contributed by atoms with Gasteiger partial charge in [0.2, 0.25) is 11.8 Å². The zero-order chi connectivity index (χ0) is 38.9. The largest absolute Gasteiger partial charge is 0.330 e. The van der Waals surface area contributed by atoms with E-state index in [1.165, 1.54) is 66.1 Å². The second-order valence-corrected chi connectivity index (χ2v) is 16.5. The van der Waals surface area contributed by atoms with Gasteiger partial charge in [0.05, 0.1) is 0 Å². The molecule has 4 aromatic carbocycles. The molecule has 4 atom stereocenters. The predicted octanol–water partition coefficient (Wildman–Crippen LogP) is 7.83. The van der Waals surface area contributed by atoms with Crippen molar-refractivity contribution >= 4 is 45.4 Å². The van der Waals surface area contributed by atoms with Crippen LogP contribution in [-0.4, -0.2) is 45.0 Å². The van der Waals surface area contributed by atoms with Crippen molar-refractivity contribution in [3.05, 3.63) is 142 Å². The van der Waals surface area contributed by atoms with Crippen LogP contribution in [0.2, 0.25) is 0 Å². The summed E-state index contributed by atoms with van der Waals surface area (Å²) in [4.78, 5) is 23.8. The first-order valence-corrected chi connectivity index (χ1v) is 20.1. The molecule has 8 nitrogen and oxygen atoms in total. The molecular weight excluding hydrogens is 742 g/mol. The fourth-order valence-corrected chi connectivity index (χ4v) is 11.8. The summed E-state index contributed by atoms with van der Waals surface area (Å²) >= 11 is 2.86. The second kappa shape index (κ2) is 16.0. The number of benzene rings is 4. The number of fused-ring (bicyclic) bond motifs is 4. The molecule has 2 amide bonds. The Balaban J connectivity index is 0.000000169. The number of carbonyl (C=O) groups excluding carboxylic acids is 2. The van der Waals surface area contributed by atoms with Gasteiger partial charge in [-0.1, -0.05) is 84.2 Å². The molecule has 0 saturated carbocycles. The third-order valence-corrected chi connectivity index (χ3v) is 13.9. The molecule has 4 N–H and O–H groups in total. The van der Waals surface area contributed by atoms with Gasteiger partial charge in [-0.05, 0) is 110 Å². The van der Waals surface area contributed by atoms with Crippen molar-refractivity contribution in [3.63, 3.8) is 0 Å². The first-order chi connectivity index (χ1) is 26.5. The van der Waals surface area contributed by atoms with Crippen molar-refractivity contribution in [2.45, 2.75) is 62.1 Å². The number of nitrogens with zero attached hydrogens (tertiary/aromatic N) is 4. The van der Waals surface area contributed by atoms with Crippen LogP contribution in [0.25, 0.3) is 0 Å². The van der Waals surface area contributed by atoms with Crippen LogP contribution in [0.3, 0.4) is 0 Å². The van der Waals surface area contributed by atoms with E-state index >= 15 is 0 Å². The minimum absolute atomic E-state index is 0.0751. The number of halogens is 3. The van der Waals surface area contributed by atoms with Gasteiger partial charge in [-0.3, -0.25) is 9.59 Å². The summed E-state index contributed by atoms with van der Waals surface area (Å²) in [6.07, 6.45) is 5.13. The first-order valence-electron chi connectivity index (χ1n) is 18.5. The highest BCUT2D eigenvalue weighted by Crippen LogP contribution is 2.58. The minimum Gasteiger partial charge on any atom is -0.330 e. The number of rotatable bonds is 6. The maximum Gasteiger partial charge on any atom is 0.241 e. The number of carbonyl (C=O) groups is 2. The molecule has 0 saturated heterocycles. The molecule has 4 aromatic rings. The summed E-state index contributed by atoms with van der Waals surface area (Å²) in [5, 5.41) is 13.1. The summed E-state index contributed by atoms with van der Waals surface area (Å²) in [5.41, 5.74) is 16.9. The van der Waals surface area contributed by atoms with Crippen molar-refractivity contribution in [2.75, 3.05) is 13.1 Å². The maximum atomic E-state index is 14.5. The van der Waals surface area contributed by atoms with Crippen molar-refractivity contribution in [3.8, 4) is 0 Å². The van der Waals surface area contributed by atoms with E-state index in [4.69, 9.17) is 11.5 Å².